The molecule has 7 heteroatoms. The van der Waals surface area contributed by atoms with Gasteiger partial charge >= 0.3 is 0 Å². The van der Waals surface area contributed by atoms with Gasteiger partial charge in [-0.15, -0.1) is 0 Å². The summed E-state index contributed by atoms with van der Waals surface area (Å²) in [4.78, 5) is 13.4. The van der Waals surface area contributed by atoms with Crippen molar-refractivity contribution in [2.75, 3.05) is 31.5 Å². The van der Waals surface area contributed by atoms with Gasteiger partial charge in [-0.1, -0.05) is 42.5 Å². The summed E-state index contributed by atoms with van der Waals surface area (Å²) >= 11 is 0. The third-order valence-electron chi connectivity index (χ3n) is 4.82. The number of amides is 1. The molecule has 0 aromatic heterocycles. The topological polar surface area (TPSA) is 69.7 Å². The van der Waals surface area contributed by atoms with Crippen molar-refractivity contribution < 1.29 is 13.2 Å². The fourth-order valence-electron chi connectivity index (χ4n) is 3.33. The van der Waals surface area contributed by atoms with E-state index in [0.29, 0.717) is 19.6 Å². The largest absolute Gasteiger partial charge is 0.326 e. The Morgan fingerprint density at radius 1 is 1.00 bits per heavy atom. The summed E-state index contributed by atoms with van der Waals surface area (Å²) in [5, 5.41) is 4.06. The summed E-state index contributed by atoms with van der Waals surface area (Å²) in [5.74, 6) is -0.0899. The maximum absolute atomic E-state index is 12.7. The zero-order valence-electron chi connectivity index (χ0n) is 16.6. The second kappa shape index (κ2) is 9.82. The highest BCUT2D eigenvalue weighted by atomic mass is 32.2. The molecule has 3 rings (SSSR count). The van der Waals surface area contributed by atoms with Crippen molar-refractivity contribution in [3.63, 3.8) is 0 Å². The van der Waals surface area contributed by atoms with Crippen LogP contribution in [-0.4, -0.2) is 49.7 Å². The van der Waals surface area contributed by atoms with Crippen molar-refractivity contribution >= 4 is 27.7 Å². The van der Waals surface area contributed by atoms with Gasteiger partial charge in [-0.05, 0) is 42.3 Å². The number of hydrogen-bond acceptors (Lipinski definition) is 4. The van der Waals surface area contributed by atoms with E-state index in [1.165, 1.54) is 12.3 Å². The first kappa shape index (κ1) is 21.2. The molecule has 1 aliphatic rings. The quantitative estimate of drug-likeness (QED) is 0.790. The average molecular weight is 414 g/mol. The molecule has 1 amide bonds. The molecule has 0 radical (unpaired) electrons. The predicted octanol–water partition coefficient (Wildman–Crippen LogP) is 3.15. The van der Waals surface area contributed by atoms with Crippen molar-refractivity contribution in [2.24, 2.45) is 0 Å². The van der Waals surface area contributed by atoms with Crippen LogP contribution in [-0.2, 0) is 21.4 Å². The number of nitrogens with zero attached hydrogens (tertiary/aromatic N) is 2. The number of nitrogens with one attached hydrogen (secondary N) is 1. The van der Waals surface area contributed by atoms with Crippen LogP contribution >= 0.6 is 0 Å². The lowest BCUT2D eigenvalue weighted by Gasteiger charge is -2.21. The van der Waals surface area contributed by atoms with E-state index in [1.807, 2.05) is 54.6 Å². The number of hydrogen-bond donors (Lipinski definition) is 1. The molecule has 1 N–H and O–H groups in total. The molecule has 1 aliphatic heterocycles. The van der Waals surface area contributed by atoms with Crippen LogP contribution in [0.4, 0.5) is 5.69 Å². The average Bonchev–Trinajstić information content (AvgIpc) is 2.95. The Hall–Kier alpha value is -2.48. The molecular formula is C22H27N3O3S. The Morgan fingerprint density at radius 2 is 1.72 bits per heavy atom. The van der Waals surface area contributed by atoms with Gasteiger partial charge in [0.2, 0.25) is 15.9 Å². The molecule has 1 fully saturated rings. The standard InChI is InChI=1S/C22H27N3O3S/c1-19(26)23-22-10-8-21(9-11-22)18-24-13-5-14-25(16-15-24)29(27,28)17-12-20-6-3-2-4-7-20/h2-4,6-12,17H,5,13-16,18H2,1H3,(H,23,26)/b17-12+. The lowest BCUT2D eigenvalue weighted by atomic mass is 10.2. The van der Waals surface area contributed by atoms with Crippen LogP contribution < -0.4 is 5.32 Å². The van der Waals surface area contributed by atoms with E-state index in [-0.39, 0.29) is 5.91 Å². The molecule has 29 heavy (non-hydrogen) atoms. The maximum Gasteiger partial charge on any atom is 0.236 e. The zero-order valence-corrected chi connectivity index (χ0v) is 17.4. The highest BCUT2D eigenvalue weighted by Crippen LogP contribution is 2.15. The lowest BCUT2D eigenvalue weighted by molar-refractivity contribution is -0.114. The second-order valence-corrected chi connectivity index (χ2v) is 8.98. The van der Waals surface area contributed by atoms with Gasteiger partial charge in [0, 0.05) is 44.2 Å². The monoisotopic (exact) mass is 413 g/mol. The van der Waals surface area contributed by atoms with Gasteiger partial charge in [0.1, 0.15) is 0 Å². The first-order valence-electron chi connectivity index (χ1n) is 9.74. The Kier molecular flexibility index (Phi) is 7.19. The van der Waals surface area contributed by atoms with E-state index in [2.05, 4.69) is 10.2 Å². The fourth-order valence-corrected chi connectivity index (χ4v) is 4.55. The molecule has 6 nitrogen and oxygen atoms in total. The Morgan fingerprint density at radius 3 is 2.41 bits per heavy atom. The Bertz CT molecular complexity index is 941. The predicted molar refractivity (Wildman–Crippen MR) is 117 cm³/mol. The van der Waals surface area contributed by atoms with Crippen LogP contribution in [0.25, 0.3) is 6.08 Å². The van der Waals surface area contributed by atoms with E-state index in [4.69, 9.17) is 0 Å². The summed E-state index contributed by atoms with van der Waals surface area (Å²) in [6.45, 7) is 4.78. The van der Waals surface area contributed by atoms with Crippen molar-refractivity contribution in [1.82, 2.24) is 9.21 Å². The summed E-state index contributed by atoms with van der Waals surface area (Å²) < 4.78 is 26.9. The molecule has 0 atom stereocenters. The van der Waals surface area contributed by atoms with Gasteiger partial charge in [-0.25, -0.2) is 8.42 Å². The number of sulfonamides is 1. The summed E-state index contributed by atoms with van der Waals surface area (Å²) in [6.07, 6.45) is 2.44. The number of carbonyl (C=O) groups is 1. The Labute approximate surface area is 172 Å². The van der Waals surface area contributed by atoms with Crippen molar-refractivity contribution in [2.45, 2.75) is 19.9 Å². The molecule has 0 bridgehead atoms. The number of anilines is 1. The molecule has 2 aromatic rings. The number of benzene rings is 2. The van der Waals surface area contributed by atoms with Crippen LogP contribution in [0.15, 0.2) is 60.0 Å². The van der Waals surface area contributed by atoms with E-state index in [1.54, 1.807) is 10.4 Å². The van der Waals surface area contributed by atoms with Gasteiger partial charge in [0.05, 0.1) is 0 Å². The molecule has 1 heterocycles. The van der Waals surface area contributed by atoms with E-state index in [9.17, 15) is 13.2 Å². The molecular weight excluding hydrogens is 386 g/mol. The lowest BCUT2D eigenvalue weighted by Crippen LogP contribution is -2.33. The molecule has 2 aromatic carbocycles. The van der Waals surface area contributed by atoms with Gasteiger partial charge in [-0.3, -0.25) is 9.69 Å². The maximum atomic E-state index is 12.7. The third-order valence-corrected chi connectivity index (χ3v) is 6.38. The van der Waals surface area contributed by atoms with Gasteiger partial charge in [-0.2, -0.15) is 4.31 Å². The van der Waals surface area contributed by atoms with Crippen LogP contribution in [0.3, 0.4) is 0 Å². The summed E-state index contributed by atoms with van der Waals surface area (Å²) in [6, 6.07) is 17.2. The smallest absolute Gasteiger partial charge is 0.236 e. The summed E-state index contributed by atoms with van der Waals surface area (Å²) in [7, 11) is -3.43. The van der Waals surface area contributed by atoms with Crippen molar-refractivity contribution in [3.8, 4) is 0 Å². The highest BCUT2D eigenvalue weighted by Gasteiger charge is 2.23. The minimum absolute atomic E-state index is 0.0899. The molecule has 0 saturated carbocycles. The van der Waals surface area contributed by atoms with Crippen LogP contribution in [0.1, 0.15) is 24.5 Å². The molecule has 0 aliphatic carbocycles. The number of rotatable bonds is 6. The SMILES string of the molecule is CC(=O)Nc1ccc(CN2CCCN(S(=O)(=O)/C=C/c3ccccc3)CC2)cc1. The molecule has 154 valence electrons. The van der Waals surface area contributed by atoms with E-state index in [0.717, 1.165) is 36.3 Å². The fraction of sp³-hybridized carbons (Fsp3) is 0.318. The third kappa shape index (κ3) is 6.52. The molecule has 0 spiro atoms. The van der Waals surface area contributed by atoms with Crippen molar-refractivity contribution in [1.29, 1.82) is 0 Å². The first-order chi connectivity index (χ1) is 13.9. The van der Waals surface area contributed by atoms with E-state index >= 15 is 0 Å². The first-order valence-corrected chi connectivity index (χ1v) is 11.2. The second-order valence-electron chi connectivity index (χ2n) is 7.17. The van der Waals surface area contributed by atoms with Crippen LogP contribution in [0.2, 0.25) is 0 Å². The normalized spacial score (nSPS) is 16.6. The minimum atomic E-state index is -3.43. The van der Waals surface area contributed by atoms with E-state index < -0.39 is 10.0 Å². The number of carbonyl (C=O) groups excluding carboxylic acids is 1. The molecule has 1 saturated heterocycles. The Balaban J connectivity index is 1.57. The van der Waals surface area contributed by atoms with Crippen LogP contribution in [0.5, 0.6) is 0 Å². The van der Waals surface area contributed by atoms with Crippen LogP contribution in [0, 0.1) is 0 Å². The van der Waals surface area contributed by atoms with Gasteiger partial charge in [0.25, 0.3) is 0 Å². The summed E-state index contributed by atoms with van der Waals surface area (Å²) in [5.41, 5.74) is 2.79. The van der Waals surface area contributed by atoms with Gasteiger partial charge < -0.3 is 5.32 Å². The zero-order chi connectivity index (χ0) is 20.7. The minimum Gasteiger partial charge on any atom is -0.326 e. The van der Waals surface area contributed by atoms with Gasteiger partial charge in [0.15, 0.2) is 0 Å². The molecule has 0 unspecified atom stereocenters. The van der Waals surface area contributed by atoms with Crippen molar-refractivity contribution in [3.05, 3.63) is 71.1 Å². The highest BCUT2D eigenvalue weighted by molar-refractivity contribution is 7.92.